The number of carboxylic acid groups (broad SMARTS) is 1. The minimum Gasteiger partial charge on any atom is -0.481 e. The van der Waals surface area contributed by atoms with Gasteiger partial charge in [-0.2, -0.15) is 0 Å². The summed E-state index contributed by atoms with van der Waals surface area (Å²) in [6, 6.07) is 5.88. The molecule has 104 valence electrons. The lowest BCUT2D eigenvalue weighted by atomic mass is 9.83. The molecule has 1 aromatic rings. The van der Waals surface area contributed by atoms with Crippen molar-refractivity contribution in [3.05, 3.63) is 35.6 Å². The van der Waals surface area contributed by atoms with Gasteiger partial charge in [0.05, 0.1) is 11.8 Å². The van der Waals surface area contributed by atoms with Crippen molar-refractivity contribution in [1.29, 1.82) is 0 Å². The molecule has 0 aliphatic rings. The van der Waals surface area contributed by atoms with Gasteiger partial charge in [-0.1, -0.05) is 12.1 Å². The third kappa shape index (κ3) is 3.77. The van der Waals surface area contributed by atoms with E-state index in [1.54, 1.807) is 33.0 Å². The Kier molecular flexibility index (Phi) is 4.64. The van der Waals surface area contributed by atoms with Gasteiger partial charge in [-0.25, -0.2) is 4.39 Å². The quantitative estimate of drug-likeness (QED) is 0.888. The minimum atomic E-state index is -0.955. The van der Waals surface area contributed by atoms with Gasteiger partial charge < -0.3 is 10.0 Å². The molecule has 1 N–H and O–H groups in total. The number of carboxylic acids is 1. The van der Waals surface area contributed by atoms with E-state index in [0.29, 0.717) is 5.56 Å². The molecule has 19 heavy (non-hydrogen) atoms. The van der Waals surface area contributed by atoms with Gasteiger partial charge in [0.15, 0.2) is 0 Å². The van der Waals surface area contributed by atoms with E-state index in [2.05, 4.69) is 0 Å². The zero-order valence-electron chi connectivity index (χ0n) is 11.3. The van der Waals surface area contributed by atoms with Crippen LogP contribution in [0.15, 0.2) is 24.3 Å². The number of aliphatic carboxylic acids is 1. The number of hydrogen-bond donors (Lipinski definition) is 1. The zero-order chi connectivity index (χ0) is 14.6. The molecule has 5 heteroatoms. The van der Waals surface area contributed by atoms with Gasteiger partial charge >= 0.3 is 5.97 Å². The largest absolute Gasteiger partial charge is 0.481 e. The second-order valence-electron chi connectivity index (χ2n) is 5.01. The van der Waals surface area contributed by atoms with Gasteiger partial charge in [0.1, 0.15) is 5.82 Å². The summed E-state index contributed by atoms with van der Waals surface area (Å²) in [5.74, 6) is -1.59. The molecule has 0 saturated heterocycles. The number of carbonyl (C=O) groups excluding carboxylic acids is 1. The molecule has 1 amide bonds. The molecule has 0 spiro atoms. The van der Waals surface area contributed by atoms with Gasteiger partial charge in [0, 0.05) is 13.6 Å². The van der Waals surface area contributed by atoms with E-state index in [4.69, 9.17) is 5.11 Å². The first-order chi connectivity index (χ1) is 8.75. The van der Waals surface area contributed by atoms with Crippen LogP contribution in [0.5, 0.6) is 0 Å². The van der Waals surface area contributed by atoms with Gasteiger partial charge in [-0.15, -0.1) is 0 Å². The fourth-order valence-electron chi connectivity index (χ4n) is 1.84. The maximum Gasteiger partial charge on any atom is 0.305 e. The SMILES string of the molecule is CN(CCC(=O)O)C(=O)C(C)(C)c1cccc(F)c1. The summed E-state index contributed by atoms with van der Waals surface area (Å²) in [6.45, 7) is 3.52. The molecule has 0 aliphatic carbocycles. The molecule has 0 unspecified atom stereocenters. The van der Waals surface area contributed by atoms with Crippen LogP contribution in [0.1, 0.15) is 25.8 Å². The molecular weight excluding hydrogens is 249 g/mol. The Morgan fingerprint density at radius 1 is 1.37 bits per heavy atom. The maximum atomic E-state index is 13.2. The number of hydrogen-bond acceptors (Lipinski definition) is 2. The second kappa shape index (κ2) is 5.82. The number of nitrogens with zero attached hydrogens (tertiary/aromatic N) is 1. The highest BCUT2D eigenvalue weighted by molar-refractivity contribution is 5.87. The van der Waals surface area contributed by atoms with Crippen LogP contribution >= 0.6 is 0 Å². The molecular formula is C14H18FNO3. The van der Waals surface area contributed by atoms with Gasteiger partial charge in [0.2, 0.25) is 5.91 Å². The highest BCUT2D eigenvalue weighted by Crippen LogP contribution is 2.25. The zero-order valence-corrected chi connectivity index (χ0v) is 11.3. The molecule has 0 aliphatic heterocycles. The van der Waals surface area contributed by atoms with Crippen molar-refractivity contribution in [3.63, 3.8) is 0 Å². The van der Waals surface area contributed by atoms with Crippen molar-refractivity contribution in [1.82, 2.24) is 4.90 Å². The van der Waals surface area contributed by atoms with E-state index >= 15 is 0 Å². The van der Waals surface area contributed by atoms with Crippen LogP contribution < -0.4 is 0 Å². The predicted molar refractivity (Wildman–Crippen MR) is 69.3 cm³/mol. The summed E-state index contributed by atoms with van der Waals surface area (Å²) in [4.78, 5) is 24.2. The molecule has 0 saturated carbocycles. The smallest absolute Gasteiger partial charge is 0.305 e. The first kappa shape index (κ1) is 15.1. The minimum absolute atomic E-state index is 0.110. The van der Waals surface area contributed by atoms with E-state index in [0.717, 1.165) is 0 Å². The number of benzene rings is 1. The van der Waals surface area contributed by atoms with E-state index < -0.39 is 17.2 Å². The molecule has 1 rings (SSSR count). The number of carbonyl (C=O) groups is 2. The Morgan fingerprint density at radius 2 is 2.00 bits per heavy atom. The average Bonchev–Trinajstić information content (AvgIpc) is 2.34. The standard InChI is InChI=1S/C14H18FNO3/c1-14(2,10-5-4-6-11(15)9-10)13(19)16(3)8-7-12(17)18/h4-6,9H,7-8H2,1-3H3,(H,17,18). The first-order valence-electron chi connectivity index (χ1n) is 5.98. The van der Waals surface area contributed by atoms with Crippen LogP contribution in [0.3, 0.4) is 0 Å². The van der Waals surface area contributed by atoms with Crippen LogP contribution in [-0.2, 0) is 15.0 Å². The summed E-state index contributed by atoms with van der Waals surface area (Å²) in [7, 11) is 1.55. The van der Waals surface area contributed by atoms with Crippen molar-refractivity contribution in [3.8, 4) is 0 Å². The summed E-state index contributed by atoms with van der Waals surface area (Å²) >= 11 is 0. The summed E-state index contributed by atoms with van der Waals surface area (Å²) in [6.07, 6.45) is -0.110. The number of rotatable bonds is 5. The van der Waals surface area contributed by atoms with Gasteiger partial charge in [0.25, 0.3) is 0 Å². The van der Waals surface area contributed by atoms with Gasteiger partial charge in [-0.3, -0.25) is 9.59 Å². The second-order valence-corrected chi connectivity index (χ2v) is 5.01. The Bertz CT molecular complexity index is 485. The molecule has 0 aromatic heterocycles. The lowest BCUT2D eigenvalue weighted by Gasteiger charge is -2.29. The van der Waals surface area contributed by atoms with E-state index in [-0.39, 0.29) is 18.9 Å². The molecule has 0 heterocycles. The Labute approximate surface area is 111 Å². The van der Waals surface area contributed by atoms with Crippen LogP contribution in [-0.4, -0.2) is 35.5 Å². The van der Waals surface area contributed by atoms with Crippen LogP contribution in [0.4, 0.5) is 4.39 Å². The van der Waals surface area contributed by atoms with Crippen molar-refractivity contribution < 1.29 is 19.1 Å². The highest BCUT2D eigenvalue weighted by atomic mass is 19.1. The molecule has 0 bridgehead atoms. The molecule has 0 fully saturated rings. The van der Waals surface area contributed by atoms with Crippen LogP contribution in [0.25, 0.3) is 0 Å². The normalized spacial score (nSPS) is 11.2. The molecule has 1 aromatic carbocycles. The monoisotopic (exact) mass is 267 g/mol. The lowest BCUT2D eigenvalue weighted by molar-refractivity contribution is -0.139. The van der Waals surface area contributed by atoms with E-state index in [1.807, 2.05) is 0 Å². The Morgan fingerprint density at radius 3 is 2.53 bits per heavy atom. The fourth-order valence-corrected chi connectivity index (χ4v) is 1.84. The molecule has 0 radical (unpaired) electrons. The molecule has 4 nitrogen and oxygen atoms in total. The fraction of sp³-hybridized carbons (Fsp3) is 0.429. The number of likely N-dealkylation sites (N-methyl/N-ethyl adjacent to an activating group) is 1. The van der Waals surface area contributed by atoms with Crippen molar-refractivity contribution in [2.24, 2.45) is 0 Å². The maximum absolute atomic E-state index is 13.2. The summed E-state index contributed by atoms with van der Waals surface area (Å²) < 4.78 is 13.2. The van der Waals surface area contributed by atoms with E-state index in [1.165, 1.54) is 17.0 Å². The van der Waals surface area contributed by atoms with Crippen LogP contribution in [0.2, 0.25) is 0 Å². The highest BCUT2D eigenvalue weighted by Gasteiger charge is 2.32. The van der Waals surface area contributed by atoms with Crippen molar-refractivity contribution in [2.75, 3.05) is 13.6 Å². The predicted octanol–water partition coefficient (Wildman–Crippen LogP) is 2.04. The van der Waals surface area contributed by atoms with Gasteiger partial charge in [-0.05, 0) is 31.5 Å². The lowest BCUT2D eigenvalue weighted by Crippen LogP contribution is -2.42. The third-order valence-corrected chi connectivity index (χ3v) is 3.09. The Hall–Kier alpha value is -1.91. The number of amides is 1. The third-order valence-electron chi connectivity index (χ3n) is 3.09. The Balaban J connectivity index is 2.87. The average molecular weight is 267 g/mol. The van der Waals surface area contributed by atoms with Crippen molar-refractivity contribution >= 4 is 11.9 Å². The van der Waals surface area contributed by atoms with Crippen LogP contribution in [0, 0.1) is 5.82 Å². The first-order valence-corrected chi connectivity index (χ1v) is 5.98. The molecule has 0 atom stereocenters. The number of halogens is 1. The summed E-state index contributed by atoms with van der Waals surface area (Å²) in [5.41, 5.74) is -0.324. The summed E-state index contributed by atoms with van der Waals surface area (Å²) in [5, 5.41) is 8.61. The van der Waals surface area contributed by atoms with Crippen molar-refractivity contribution in [2.45, 2.75) is 25.7 Å². The van der Waals surface area contributed by atoms with E-state index in [9.17, 15) is 14.0 Å². The topological polar surface area (TPSA) is 57.6 Å².